The summed E-state index contributed by atoms with van der Waals surface area (Å²) >= 11 is 0. The zero-order valence-corrected chi connectivity index (χ0v) is 22.0. The fourth-order valence-electron chi connectivity index (χ4n) is 4.83. The van der Waals surface area contributed by atoms with Gasteiger partial charge in [-0.3, -0.25) is 0 Å². The van der Waals surface area contributed by atoms with Crippen LogP contribution < -0.4 is 20.1 Å². The summed E-state index contributed by atoms with van der Waals surface area (Å²) in [5, 5.41) is 6.18. The summed E-state index contributed by atoms with van der Waals surface area (Å²) < 4.78 is 10.8. The van der Waals surface area contributed by atoms with Crippen LogP contribution in [0.3, 0.4) is 0 Å². The van der Waals surface area contributed by atoms with E-state index in [4.69, 9.17) is 9.47 Å². The van der Waals surface area contributed by atoms with E-state index in [1.807, 2.05) is 48.5 Å². The number of methoxy groups -OCH3 is 2. The molecule has 0 heterocycles. The molecule has 0 aliphatic heterocycles. The molecule has 8 heteroatoms. The summed E-state index contributed by atoms with van der Waals surface area (Å²) in [4.78, 5) is 28.7. The minimum absolute atomic E-state index is 0.0886. The summed E-state index contributed by atoms with van der Waals surface area (Å²) in [6, 6.07) is 15.3. The third kappa shape index (κ3) is 7.80. The predicted octanol–water partition coefficient (Wildman–Crippen LogP) is 4.49. The molecule has 4 amide bonds. The highest BCUT2D eigenvalue weighted by atomic mass is 16.5. The lowest BCUT2D eigenvalue weighted by Gasteiger charge is -2.30. The number of hydrogen-bond acceptors (Lipinski definition) is 4. The van der Waals surface area contributed by atoms with Gasteiger partial charge in [-0.2, -0.15) is 0 Å². The predicted molar refractivity (Wildman–Crippen MR) is 141 cm³/mol. The third-order valence-electron chi connectivity index (χ3n) is 6.87. The number of benzene rings is 2. The Morgan fingerprint density at radius 3 is 1.61 bits per heavy atom. The molecule has 0 radical (unpaired) electrons. The molecule has 2 atom stereocenters. The van der Waals surface area contributed by atoms with Crippen LogP contribution in [0.25, 0.3) is 0 Å². The van der Waals surface area contributed by atoms with Gasteiger partial charge in [-0.05, 0) is 43.2 Å². The molecule has 2 N–H and O–H groups in total. The first kappa shape index (κ1) is 27.2. The van der Waals surface area contributed by atoms with E-state index in [9.17, 15) is 9.59 Å². The number of rotatable bonds is 10. The van der Waals surface area contributed by atoms with Crippen molar-refractivity contribution in [3.63, 3.8) is 0 Å². The van der Waals surface area contributed by atoms with Crippen LogP contribution in [0.1, 0.15) is 36.8 Å². The monoisotopic (exact) mass is 496 g/mol. The van der Waals surface area contributed by atoms with E-state index in [0.717, 1.165) is 48.3 Å². The van der Waals surface area contributed by atoms with Crippen LogP contribution in [0.4, 0.5) is 9.59 Å². The maximum atomic E-state index is 12.7. The van der Waals surface area contributed by atoms with Gasteiger partial charge < -0.3 is 29.9 Å². The van der Waals surface area contributed by atoms with Gasteiger partial charge in [0.2, 0.25) is 0 Å². The van der Waals surface area contributed by atoms with E-state index < -0.39 is 0 Å². The van der Waals surface area contributed by atoms with E-state index in [0.29, 0.717) is 38.0 Å². The van der Waals surface area contributed by atoms with Crippen molar-refractivity contribution in [1.29, 1.82) is 0 Å². The molecule has 1 aliphatic carbocycles. The van der Waals surface area contributed by atoms with Crippen molar-refractivity contribution in [3.8, 4) is 11.5 Å². The molecule has 1 aliphatic rings. The Morgan fingerprint density at radius 1 is 0.778 bits per heavy atom. The molecule has 36 heavy (non-hydrogen) atoms. The van der Waals surface area contributed by atoms with Crippen molar-refractivity contribution in [2.75, 3.05) is 41.4 Å². The van der Waals surface area contributed by atoms with Crippen LogP contribution in [0.15, 0.2) is 48.5 Å². The summed E-state index contributed by atoms with van der Waals surface area (Å²) in [6.07, 6.45) is 4.28. The molecule has 8 nitrogen and oxygen atoms in total. The quantitative estimate of drug-likeness (QED) is 0.508. The zero-order valence-electron chi connectivity index (χ0n) is 22.0. The lowest BCUT2D eigenvalue weighted by molar-refractivity contribution is 0.193. The highest BCUT2D eigenvalue weighted by Crippen LogP contribution is 2.28. The number of carbonyl (C=O) groups is 2. The highest BCUT2D eigenvalue weighted by Gasteiger charge is 2.24. The van der Waals surface area contributed by atoms with Gasteiger partial charge in [0.05, 0.1) is 27.3 Å². The number of nitrogens with one attached hydrogen (secondary N) is 2. The molecule has 0 bridgehead atoms. The van der Waals surface area contributed by atoms with E-state index >= 15 is 0 Å². The van der Waals surface area contributed by atoms with Crippen LogP contribution in [0.2, 0.25) is 0 Å². The number of ether oxygens (including phenoxy) is 2. The minimum atomic E-state index is -0.0886. The number of para-hydroxylation sites is 2. The smallest absolute Gasteiger partial charge is 0.317 e. The first-order chi connectivity index (χ1) is 17.4. The van der Waals surface area contributed by atoms with Crippen LogP contribution in [-0.4, -0.2) is 63.3 Å². The third-order valence-corrected chi connectivity index (χ3v) is 6.87. The lowest BCUT2D eigenvalue weighted by atomic mass is 9.81. The van der Waals surface area contributed by atoms with Gasteiger partial charge >= 0.3 is 12.1 Å². The maximum absolute atomic E-state index is 12.7. The van der Waals surface area contributed by atoms with Crippen LogP contribution >= 0.6 is 0 Å². The lowest BCUT2D eigenvalue weighted by Crippen LogP contribution is -2.42. The topological polar surface area (TPSA) is 83.1 Å². The molecular weight excluding hydrogens is 456 g/mol. The second kappa shape index (κ2) is 13.6. The molecule has 1 fully saturated rings. The van der Waals surface area contributed by atoms with Gasteiger partial charge in [-0.25, -0.2) is 9.59 Å². The summed E-state index contributed by atoms with van der Waals surface area (Å²) in [5.41, 5.74) is 1.95. The van der Waals surface area contributed by atoms with Crippen LogP contribution in [-0.2, 0) is 13.1 Å². The molecule has 2 aromatic rings. The molecule has 0 spiro atoms. The van der Waals surface area contributed by atoms with Crippen molar-refractivity contribution < 1.29 is 19.1 Å². The van der Waals surface area contributed by atoms with E-state index in [1.165, 1.54) is 0 Å². The number of hydrogen-bond donors (Lipinski definition) is 2. The SMILES string of the molecule is COc1ccccc1CN(C)C(=O)NCC1CCCC(CNC(=O)N(C)Cc2ccccc2OC)C1. The second-order valence-corrected chi connectivity index (χ2v) is 9.61. The Bertz CT molecular complexity index is 922. The second-order valence-electron chi connectivity index (χ2n) is 9.61. The van der Waals surface area contributed by atoms with Crippen molar-refractivity contribution >= 4 is 12.1 Å². The summed E-state index contributed by atoms with van der Waals surface area (Å²) in [5.74, 6) is 2.39. The number of nitrogens with zero attached hydrogens (tertiary/aromatic N) is 2. The Hall–Kier alpha value is -3.42. The average molecular weight is 497 g/mol. The normalized spacial score (nSPS) is 17.1. The van der Waals surface area contributed by atoms with Gasteiger partial charge in [-0.15, -0.1) is 0 Å². The summed E-state index contributed by atoms with van der Waals surface area (Å²) in [7, 11) is 6.86. The number of carbonyl (C=O) groups excluding carboxylic acids is 2. The maximum Gasteiger partial charge on any atom is 0.317 e. The molecule has 0 saturated heterocycles. The molecule has 196 valence electrons. The minimum Gasteiger partial charge on any atom is -0.496 e. The Balaban J connectivity index is 1.40. The number of urea groups is 2. The molecule has 2 aromatic carbocycles. The van der Waals surface area contributed by atoms with Gasteiger partial charge in [-0.1, -0.05) is 42.8 Å². The highest BCUT2D eigenvalue weighted by molar-refractivity contribution is 5.74. The fourth-order valence-corrected chi connectivity index (χ4v) is 4.83. The summed E-state index contributed by atoms with van der Waals surface area (Å²) in [6.45, 7) is 2.26. The van der Waals surface area contributed by atoms with E-state index in [-0.39, 0.29) is 12.1 Å². The van der Waals surface area contributed by atoms with Gasteiger partial charge in [0.15, 0.2) is 0 Å². The Morgan fingerprint density at radius 2 is 1.19 bits per heavy atom. The standard InChI is InChI=1S/C28H40N4O4/c1-31(19-23-12-5-7-14-25(23)35-3)27(33)29-17-21-10-9-11-22(16-21)18-30-28(34)32(2)20-24-13-6-8-15-26(24)36-4/h5-8,12-15,21-22H,9-11,16-20H2,1-4H3,(H,29,33)(H,30,34). The Kier molecular flexibility index (Phi) is 10.3. The van der Waals surface area contributed by atoms with Crippen molar-refractivity contribution in [3.05, 3.63) is 59.7 Å². The van der Waals surface area contributed by atoms with Crippen LogP contribution in [0, 0.1) is 11.8 Å². The Labute approximate surface area is 214 Å². The van der Waals surface area contributed by atoms with Gasteiger partial charge in [0, 0.05) is 38.3 Å². The first-order valence-electron chi connectivity index (χ1n) is 12.6. The molecular formula is C28H40N4O4. The first-order valence-corrected chi connectivity index (χ1v) is 12.6. The van der Waals surface area contributed by atoms with Gasteiger partial charge in [0.1, 0.15) is 11.5 Å². The van der Waals surface area contributed by atoms with E-state index in [2.05, 4.69) is 10.6 Å². The molecule has 3 rings (SSSR count). The van der Waals surface area contributed by atoms with Crippen molar-refractivity contribution in [2.45, 2.75) is 38.8 Å². The largest absolute Gasteiger partial charge is 0.496 e. The van der Waals surface area contributed by atoms with Crippen molar-refractivity contribution in [2.24, 2.45) is 11.8 Å². The van der Waals surface area contributed by atoms with Crippen molar-refractivity contribution in [1.82, 2.24) is 20.4 Å². The van der Waals surface area contributed by atoms with Crippen LogP contribution in [0.5, 0.6) is 11.5 Å². The fraction of sp³-hybridized carbons (Fsp3) is 0.500. The molecule has 0 aromatic heterocycles. The average Bonchev–Trinajstić information content (AvgIpc) is 2.91. The molecule has 1 saturated carbocycles. The van der Waals surface area contributed by atoms with E-state index in [1.54, 1.807) is 38.1 Å². The number of amides is 4. The van der Waals surface area contributed by atoms with Gasteiger partial charge in [0.25, 0.3) is 0 Å². The zero-order chi connectivity index (χ0) is 25.9. The molecule has 2 unspecified atom stereocenters.